The number of fused-ring (bicyclic) bond motifs is 2. The second-order valence-electron chi connectivity index (χ2n) is 4.77. The van der Waals surface area contributed by atoms with Crippen molar-refractivity contribution in [3.63, 3.8) is 0 Å². The van der Waals surface area contributed by atoms with Gasteiger partial charge in [0.25, 0.3) is 0 Å². The van der Waals surface area contributed by atoms with Gasteiger partial charge >= 0.3 is 5.97 Å². The molecule has 2 fully saturated rings. The maximum absolute atomic E-state index is 11.6. The van der Waals surface area contributed by atoms with Crippen LogP contribution in [0.1, 0.15) is 39.5 Å². The molecule has 2 heteroatoms. The van der Waals surface area contributed by atoms with Gasteiger partial charge in [0.15, 0.2) is 0 Å². The van der Waals surface area contributed by atoms with Gasteiger partial charge in [-0.3, -0.25) is 4.79 Å². The van der Waals surface area contributed by atoms with Gasteiger partial charge in [0.05, 0.1) is 12.0 Å². The van der Waals surface area contributed by atoms with Gasteiger partial charge in [0, 0.05) is 0 Å². The van der Waals surface area contributed by atoms with Crippen molar-refractivity contribution in [2.45, 2.75) is 45.6 Å². The molecule has 0 N–H and O–H groups in total. The summed E-state index contributed by atoms with van der Waals surface area (Å²) in [4.78, 5) is 11.6. The number of ether oxygens (including phenoxy) is 1. The van der Waals surface area contributed by atoms with Crippen LogP contribution in [0.15, 0.2) is 0 Å². The van der Waals surface area contributed by atoms with Crippen molar-refractivity contribution in [1.29, 1.82) is 0 Å². The molecule has 2 rings (SSSR count). The van der Waals surface area contributed by atoms with Crippen LogP contribution in [-0.2, 0) is 9.53 Å². The standard InChI is InChI=1S/C11H18O2/c1-7(2)13-11(12)10-6-8-3-4-9(10)5-8/h7-10H,3-6H2,1-2H3. The Bertz CT molecular complexity index is 210. The number of rotatable bonds is 2. The second-order valence-corrected chi connectivity index (χ2v) is 4.77. The van der Waals surface area contributed by atoms with E-state index in [0.29, 0.717) is 5.92 Å². The molecule has 2 aliphatic rings. The first-order valence-electron chi connectivity index (χ1n) is 5.37. The lowest BCUT2D eigenvalue weighted by molar-refractivity contribution is -0.154. The van der Waals surface area contributed by atoms with E-state index in [1.807, 2.05) is 13.8 Å². The van der Waals surface area contributed by atoms with Crippen LogP contribution in [0.5, 0.6) is 0 Å². The van der Waals surface area contributed by atoms with Gasteiger partial charge in [0.2, 0.25) is 0 Å². The minimum atomic E-state index is 0.0478. The van der Waals surface area contributed by atoms with E-state index in [9.17, 15) is 4.79 Å². The van der Waals surface area contributed by atoms with Crippen molar-refractivity contribution in [2.24, 2.45) is 17.8 Å². The smallest absolute Gasteiger partial charge is 0.309 e. The highest BCUT2D eigenvalue weighted by atomic mass is 16.5. The number of carbonyl (C=O) groups is 1. The molecule has 2 nitrogen and oxygen atoms in total. The van der Waals surface area contributed by atoms with Crippen molar-refractivity contribution >= 4 is 5.97 Å². The zero-order chi connectivity index (χ0) is 9.42. The molecule has 0 aromatic carbocycles. The van der Waals surface area contributed by atoms with Crippen LogP contribution in [0.2, 0.25) is 0 Å². The summed E-state index contributed by atoms with van der Waals surface area (Å²) in [6, 6.07) is 0. The fourth-order valence-electron chi connectivity index (χ4n) is 2.85. The Hall–Kier alpha value is -0.530. The molecule has 0 saturated heterocycles. The Kier molecular flexibility index (Phi) is 2.31. The minimum absolute atomic E-state index is 0.0478. The highest BCUT2D eigenvalue weighted by molar-refractivity contribution is 5.73. The molecular formula is C11H18O2. The van der Waals surface area contributed by atoms with Gasteiger partial charge in [-0.1, -0.05) is 6.42 Å². The highest BCUT2D eigenvalue weighted by Crippen LogP contribution is 2.48. The molecule has 2 bridgehead atoms. The number of carbonyl (C=O) groups excluding carboxylic acids is 1. The summed E-state index contributed by atoms with van der Waals surface area (Å²) in [6.45, 7) is 3.84. The maximum atomic E-state index is 11.6. The average Bonchev–Trinajstić information content (AvgIpc) is 2.62. The topological polar surface area (TPSA) is 26.3 Å². The number of esters is 1. The van der Waals surface area contributed by atoms with E-state index in [2.05, 4.69) is 0 Å². The molecule has 0 aromatic heterocycles. The van der Waals surface area contributed by atoms with Gasteiger partial charge in [0.1, 0.15) is 0 Å². The molecule has 0 radical (unpaired) electrons. The van der Waals surface area contributed by atoms with E-state index in [1.54, 1.807) is 0 Å². The normalized spacial score (nSPS) is 37.0. The van der Waals surface area contributed by atoms with Crippen molar-refractivity contribution in [3.8, 4) is 0 Å². The van der Waals surface area contributed by atoms with Crippen LogP contribution in [0.4, 0.5) is 0 Å². The summed E-state index contributed by atoms with van der Waals surface area (Å²) >= 11 is 0. The number of hydrogen-bond donors (Lipinski definition) is 0. The molecule has 0 spiro atoms. The molecule has 2 aliphatic carbocycles. The molecule has 0 aromatic rings. The largest absolute Gasteiger partial charge is 0.463 e. The molecule has 3 unspecified atom stereocenters. The third-order valence-corrected chi connectivity index (χ3v) is 3.39. The lowest BCUT2D eigenvalue weighted by Gasteiger charge is -2.21. The molecule has 3 atom stereocenters. The fourth-order valence-corrected chi connectivity index (χ4v) is 2.85. The van der Waals surface area contributed by atoms with Crippen LogP contribution in [0, 0.1) is 17.8 Å². The van der Waals surface area contributed by atoms with E-state index in [-0.39, 0.29) is 18.0 Å². The fraction of sp³-hybridized carbons (Fsp3) is 0.909. The number of hydrogen-bond acceptors (Lipinski definition) is 2. The summed E-state index contributed by atoms with van der Waals surface area (Å²) in [7, 11) is 0. The van der Waals surface area contributed by atoms with E-state index in [1.165, 1.54) is 19.3 Å². The van der Waals surface area contributed by atoms with Crippen molar-refractivity contribution in [1.82, 2.24) is 0 Å². The van der Waals surface area contributed by atoms with E-state index < -0.39 is 0 Å². The van der Waals surface area contributed by atoms with Crippen molar-refractivity contribution in [3.05, 3.63) is 0 Å². The molecule has 13 heavy (non-hydrogen) atoms. The predicted molar refractivity (Wildman–Crippen MR) is 50.2 cm³/mol. The summed E-state index contributed by atoms with van der Waals surface area (Å²) in [6.07, 6.45) is 5.01. The lowest BCUT2D eigenvalue weighted by Crippen LogP contribution is -2.25. The van der Waals surface area contributed by atoms with Gasteiger partial charge < -0.3 is 4.74 Å². The molecule has 0 amide bonds. The zero-order valence-corrected chi connectivity index (χ0v) is 8.45. The van der Waals surface area contributed by atoms with E-state index in [4.69, 9.17) is 4.74 Å². The van der Waals surface area contributed by atoms with Gasteiger partial charge in [-0.15, -0.1) is 0 Å². The van der Waals surface area contributed by atoms with Crippen LogP contribution in [0.25, 0.3) is 0 Å². The molecule has 74 valence electrons. The third-order valence-electron chi connectivity index (χ3n) is 3.39. The second kappa shape index (κ2) is 3.32. The minimum Gasteiger partial charge on any atom is -0.463 e. The quantitative estimate of drug-likeness (QED) is 0.613. The van der Waals surface area contributed by atoms with Gasteiger partial charge in [-0.05, 0) is 44.9 Å². The van der Waals surface area contributed by atoms with Gasteiger partial charge in [-0.2, -0.15) is 0 Å². The first-order chi connectivity index (χ1) is 6.16. The van der Waals surface area contributed by atoms with Crippen LogP contribution >= 0.6 is 0 Å². The Morgan fingerprint density at radius 2 is 2.08 bits per heavy atom. The first kappa shape index (κ1) is 9.04. The highest BCUT2D eigenvalue weighted by Gasteiger charge is 2.43. The lowest BCUT2D eigenvalue weighted by atomic mass is 9.89. The molecular weight excluding hydrogens is 164 g/mol. The summed E-state index contributed by atoms with van der Waals surface area (Å²) in [5.74, 6) is 1.77. The SMILES string of the molecule is CC(C)OC(=O)C1CC2CCC1C2. The van der Waals surface area contributed by atoms with Crippen LogP contribution < -0.4 is 0 Å². The summed E-state index contributed by atoms with van der Waals surface area (Å²) < 4.78 is 5.25. The summed E-state index contributed by atoms with van der Waals surface area (Å²) in [5, 5.41) is 0. The Morgan fingerprint density at radius 3 is 2.54 bits per heavy atom. The van der Waals surface area contributed by atoms with Gasteiger partial charge in [-0.25, -0.2) is 0 Å². The van der Waals surface area contributed by atoms with Crippen molar-refractivity contribution < 1.29 is 9.53 Å². The third kappa shape index (κ3) is 1.72. The predicted octanol–water partition coefficient (Wildman–Crippen LogP) is 2.37. The van der Waals surface area contributed by atoms with E-state index >= 15 is 0 Å². The van der Waals surface area contributed by atoms with Crippen LogP contribution in [-0.4, -0.2) is 12.1 Å². The maximum Gasteiger partial charge on any atom is 0.309 e. The molecule has 0 aliphatic heterocycles. The Labute approximate surface area is 79.7 Å². The van der Waals surface area contributed by atoms with E-state index in [0.717, 1.165) is 12.3 Å². The van der Waals surface area contributed by atoms with Crippen molar-refractivity contribution in [2.75, 3.05) is 0 Å². The zero-order valence-electron chi connectivity index (χ0n) is 8.45. The first-order valence-corrected chi connectivity index (χ1v) is 5.37. The molecule has 2 saturated carbocycles. The summed E-state index contributed by atoms with van der Waals surface area (Å²) in [5.41, 5.74) is 0. The Balaban J connectivity index is 1.91. The Morgan fingerprint density at radius 1 is 1.31 bits per heavy atom. The molecule has 0 heterocycles. The monoisotopic (exact) mass is 182 g/mol. The van der Waals surface area contributed by atoms with Crippen LogP contribution in [0.3, 0.4) is 0 Å². The average molecular weight is 182 g/mol.